The van der Waals surface area contributed by atoms with Crippen LogP contribution in [0.25, 0.3) is 0 Å². The second-order valence-corrected chi connectivity index (χ2v) is 6.12. The van der Waals surface area contributed by atoms with Crippen LogP contribution in [0.1, 0.15) is 33.9 Å². The molecule has 0 fully saturated rings. The number of hydrogen-bond acceptors (Lipinski definition) is 3. The summed E-state index contributed by atoms with van der Waals surface area (Å²) in [5, 5.41) is 12.2. The lowest BCUT2D eigenvalue weighted by Crippen LogP contribution is -2.35. The Labute approximate surface area is 147 Å². The number of carbonyl (C=O) groups excluding carboxylic acids is 1. The predicted molar refractivity (Wildman–Crippen MR) is 95.9 cm³/mol. The van der Waals surface area contributed by atoms with Gasteiger partial charge in [0, 0.05) is 5.56 Å². The predicted octanol–water partition coefficient (Wildman–Crippen LogP) is 3.11. The number of nitrogens with one attached hydrogen (secondary N) is 1. The molecule has 0 saturated heterocycles. The maximum Gasteiger partial charge on any atom is 0.330 e. The highest BCUT2D eigenvalue weighted by molar-refractivity contribution is 5.86. The topological polar surface area (TPSA) is 75.6 Å². The van der Waals surface area contributed by atoms with Crippen LogP contribution < -0.4 is 10.1 Å². The van der Waals surface area contributed by atoms with Crippen LogP contribution in [0.15, 0.2) is 36.4 Å². The molecule has 0 bridgehead atoms. The Hall–Kier alpha value is -2.82. The largest absolute Gasteiger partial charge is 0.496 e. The van der Waals surface area contributed by atoms with E-state index in [4.69, 9.17) is 4.74 Å². The fourth-order valence-corrected chi connectivity index (χ4v) is 2.79. The van der Waals surface area contributed by atoms with E-state index in [0.717, 1.165) is 22.3 Å². The van der Waals surface area contributed by atoms with Gasteiger partial charge in [-0.25, -0.2) is 4.79 Å². The van der Waals surface area contributed by atoms with Crippen molar-refractivity contribution in [1.82, 2.24) is 5.32 Å². The minimum absolute atomic E-state index is 0.0551. The van der Waals surface area contributed by atoms with Crippen LogP contribution in [0, 0.1) is 20.8 Å². The minimum Gasteiger partial charge on any atom is -0.496 e. The fourth-order valence-electron chi connectivity index (χ4n) is 2.79. The molecule has 0 aliphatic carbocycles. The van der Waals surface area contributed by atoms with E-state index in [1.54, 1.807) is 25.3 Å². The molecule has 0 aliphatic heterocycles. The maximum absolute atomic E-state index is 12.4. The number of methoxy groups -OCH3 is 1. The summed E-state index contributed by atoms with van der Waals surface area (Å²) in [6.07, 6.45) is 0.0551. The van der Waals surface area contributed by atoms with Gasteiger partial charge in [0.25, 0.3) is 0 Å². The third-order valence-electron chi connectivity index (χ3n) is 4.30. The van der Waals surface area contributed by atoms with E-state index >= 15 is 0 Å². The van der Waals surface area contributed by atoms with Gasteiger partial charge < -0.3 is 15.2 Å². The number of aryl methyl sites for hydroxylation is 2. The van der Waals surface area contributed by atoms with Crippen LogP contribution in [-0.4, -0.2) is 24.1 Å². The Balaban J connectivity index is 2.23. The number of amides is 1. The first-order valence-corrected chi connectivity index (χ1v) is 8.05. The molecule has 0 aromatic heterocycles. The van der Waals surface area contributed by atoms with Crippen molar-refractivity contribution >= 4 is 11.9 Å². The summed E-state index contributed by atoms with van der Waals surface area (Å²) in [6, 6.07) is 9.93. The molecule has 25 heavy (non-hydrogen) atoms. The average molecular weight is 341 g/mol. The van der Waals surface area contributed by atoms with Crippen LogP contribution >= 0.6 is 0 Å². The summed E-state index contributed by atoms with van der Waals surface area (Å²) in [6.45, 7) is 5.70. The molecule has 0 heterocycles. The van der Waals surface area contributed by atoms with Crippen LogP contribution in [0.2, 0.25) is 0 Å². The Morgan fingerprint density at radius 3 is 2.52 bits per heavy atom. The van der Waals surface area contributed by atoms with E-state index < -0.39 is 12.0 Å². The quantitative estimate of drug-likeness (QED) is 0.846. The smallest absolute Gasteiger partial charge is 0.330 e. The van der Waals surface area contributed by atoms with Gasteiger partial charge in [-0.15, -0.1) is 0 Å². The molecule has 0 radical (unpaired) electrons. The lowest BCUT2D eigenvalue weighted by atomic mass is 9.97. The first-order valence-electron chi connectivity index (χ1n) is 8.05. The maximum atomic E-state index is 12.4. The number of hydrogen-bond donors (Lipinski definition) is 2. The van der Waals surface area contributed by atoms with Crippen molar-refractivity contribution < 1.29 is 19.4 Å². The lowest BCUT2D eigenvalue weighted by Gasteiger charge is -2.18. The van der Waals surface area contributed by atoms with Gasteiger partial charge >= 0.3 is 5.97 Å². The van der Waals surface area contributed by atoms with E-state index in [-0.39, 0.29) is 12.3 Å². The standard InChI is InChI=1S/C20H23NO4/c1-12-8-9-17(25-4)15(10-12)11-18(22)21-19(20(23)24)16-7-5-6-13(2)14(16)3/h5-10,19H,11H2,1-4H3,(H,21,22)(H,23,24). The molecular weight excluding hydrogens is 318 g/mol. The van der Waals surface area contributed by atoms with E-state index in [1.165, 1.54) is 0 Å². The molecule has 0 aliphatic rings. The molecule has 2 rings (SSSR count). The fraction of sp³-hybridized carbons (Fsp3) is 0.300. The number of aliphatic carboxylic acids is 1. The molecule has 0 saturated carbocycles. The lowest BCUT2D eigenvalue weighted by molar-refractivity contribution is -0.142. The van der Waals surface area contributed by atoms with Gasteiger partial charge in [0.15, 0.2) is 6.04 Å². The molecule has 5 heteroatoms. The third-order valence-corrected chi connectivity index (χ3v) is 4.30. The van der Waals surface area contributed by atoms with Crippen molar-refractivity contribution in [3.63, 3.8) is 0 Å². The van der Waals surface area contributed by atoms with Gasteiger partial charge in [-0.3, -0.25) is 4.79 Å². The Morgan fingerprint density at radius 2 is 1.88 bits per heavy atom. The zero-order valence-electron chi connectivity index (χ0n) is 14.9. The van der Waals surface area contributed by atoms with Crippen molar-refractivity contribution in [2.45, 2.75) is 33.2 Å². The second kappa shape index (κ2) is 7.83. The number of ether oxygens (including phenoxy) is 1. The highest BCUT2D eigenvalue weighted by atomic mass is 16.5. The normalized spacial score (nSPS) is 11.7. The summed E-state index contributed by atoms with van der Waals surface area (Å²) in [5.74, 6) is -0.838. The number of carboxylic acid groups (broad SMARTS) is 1. The molecular formula is C20H23NO4. The first-order chi connectivity index (χ1) is 11.8. The van der Waals surface area contributed by atoms with Gasteiger partial charge in [0.05, 0.1) is 13.5 Å². The van der Waals surface area contributed by atoms with E-state index in [0.29, 0.717) is 11.3 Å². The molecule has 2 aromatic rings. The first kappa shape index (κ1) is 18.5. The zero-order chi connectivity index (χ0) is 18.6. The van der Waals surface area contributed by atoms with Gasteiger partial charge in [-0.2, -0.15) is 0 Å². The number of carbonyl (C=O) groups is 2. The van der Waals surface area contributed by atoms with Gasteiger partial charge in [0.1, 0.15) is 5.75 Å². The van der Waals surface area contributed by atoms with Gasteiger partial charge in [-0.05, 0) is 43.5 Å². The van der Waals surface area contributed by atoms with Crippen LogP contribution in [0.5, 0.6) is 5.75 Å². The summed E-state index contributed by atoms with van der Waals surface area (Å²) in [4.78, 5) is 24.1. The van der Waals surface area contributed by atoms with Crippen molar-refractivity contribution in [3.05, 3.63) is 64.2 Å². The van der Waals surface area contributed by atoms with Crippen LogP contribution in [0.4, 0.5) is 0 Å². The van der Waals surface area contributed by atoms with Crippen molar-refractivity contribution in [2.24, 2.45) is 0 Å². The number of carboxylic acids is 1. The monoisotopic (exact) mass is 341 g/mol. The second-order valence-electron chi connectivity index (χ2n) is 6.12. The summed E-state index contributed by atoms with van der Waals surface area (Å²) in [5.41, 5.74) is 4.18. The Bertz CT molecular complexity index is 798. The molecule has 5 nitrogen and oxygen atoms in total. The van der Waals surface area contributed by atoms with E-state index in [2.05, 4.69) is 5.32 Å². The molecule has 1 unspecified atom stereocenters. The molecule has 2 N–H and O–H groups in total. The SMILES string of the molecule is COc1ccc(C)cc1CC(=O)NC(C(=O)O)c1cccc(C)c1C. The van der Waals surface area contributed by atoms with Crippen LogP contribution in [-0.2, 0) is 16.0 Å². The molecule has 132 valence electrons. The Morgan fingerprint density at radius 1 is 1.16 bits per heavy atom. The third kappa shape index (κ3) is 4.38. The summed E-state index contributed by atoms with van der Waals surface area (Å²) >= 11 is 0. The average Bonchev–Trinajstić information content (AvgIpc) is 2.55. The molecule has 2 aromatic carbocycles. The van der Waals surface area contributed by atoms with Crippen molar-refractivity contribution in [1.29, 1.82) is 0 Å². The summed E-state index contributed by atoms with van der Waals surface area (Å²) < 4.78 is 5.28. The number of benzene rings is 2. The van der Waals surface area contributed by atoms with Gasteiger partial charge in [0.2, 0.25) is 5.91 Å². The zero-order valence-corrected chi connectivity index (χ0v) is 14.9. The summed E-state index contributed by atoms with van der Waals surface area (Å²) in [7, 11) is 1.54. The highest BCUT2D eigenvalue weighted by Crippen LogP contribution is 2.23. The van der Waals surface area contributed by atoms with Crippen LogP contribution in [0.3, 0.4) is 0 Å². The van der Waals surface area contributed by atoms with Crippen molar-refractivity contribution in [3.8, 4) is 5.75 Å². The minimum atomic E-state index is -1.08. The molecule has 0 spiro atoms. The molecule has 1 atom stereocenters. The molecule has 1 amide bonds. The van der Waals surface area contributed by atoms with Crippen molar-refractivity contribution in [2.75, 3.05) is 7.11 Å². The Kier molecular flexibility index (Phi) is 5.80. The number of rotatable bonds is 6. The van der Waals surface area contributed by atoms with Gasteiger partial charge in [-0.1, -0.05) is 35.9 Å². The van der Waals surface area contributed by atoms with E-state index in [1.807, 2.05) is 39.0 Å². The van der Waals surface area contributed by atoms with E-state index in [9.17, 15) is 14.7 Å². The highest BCUT2D eigenvalue weighted by Gasteiger charge is 2.24.